The third-order valence-electron chi connectivity index (χ3n) is 3.36. The van der Waals surface area contributed by atoms with Crippen molar-refractivity contribution in [3.05, 3.63) is 69.7 Å². The molecule has 0 amide bonds. The van der Waals surface area contributed by atoms with Gasteiger partial charge in [-0.3, -0.25) is 0 Å². The summed E-state index contributed by atoms with van der Waals surface area (Å²) < 4.78 is 0. The van der Waals surface area contributed by atoms with Gasteiger partial charge in [-0.2, -0.15) is 0 Å². The SMILES string of the molecule is CC(CCl)(NCc1ccc(Cl)cc1Cl)c1ccccc1. The minimum atomic E-state index is -0.300. The van der Waals surface area contributed by atoms with Gasteiger partial charge in [0, 0.05) is 22.5 Å². The van der Waals surface area contributed by atoms with E-state index in [-0.39, 0.29) is 5.54 Å². The molecular formula is C16H16Cl3N. The molecule has 0 radical (unpaired) electrons. The van der Waals surface area contributed by atoms with Crippen LogP contribution in [0.2, 0.25) is 10.0 Å². The number of nitrogens with one attached hydrogen (secondary N) is 1. The van der Waals surface area contributed by atoms with Gasteiger partial charge in [0.25, 0.3) is 0 Å². The first kappa shape index (κ1) is 15.7. The van der Waals surface area contributed by atoms with E-state index in [0.717, 1.165) is 11.1 Å². The van der Waals surface area contributed by atoms with Crippen LogP contribution in [0.25, 0.3) is 0 Å². The van der Waals surface area contributed by atoms with E-state index in [0.29, 0.717) is 22.5 Å². The van der Waals surface area contributed by atoms with Crippen LogP contribution in [-0.2, 0) is 12.1 Å². The van der Waals surface area contributed by atoms with Crippen LogP contribution in [0.1, 0.15) is 18.1 Å². The Morgan fingerprint density at radius 2 is 1.75 bits per heavy atom. The molecule has 0 saturated heterocycles. The van der Waals surface area contributed by atoms with E-state index in [1.165, 1.54) is 0 Å². The summed E-state index contributed by atoms with van der Waals surface area (Å²) in [6.07, 6.45) is 0. The summed E-state index contributed by atoms with van der Waals surface area (Å²) in [5.74, 6) is 0.474. The van der Waals surface area contributed by atoms with Gasteiger partial charge in [-0.1, -0.05) is 59.6 Å². The Morgan fingerprint density at radius 3 is 2.35 bits per heavy atom. The Hall–Kier alpha value is -0.730. The van der Waals surface area contributed by atoms with Gasteiger partial charge in [-0.15, -0.1) is 11.6 Å². The normalized spacial score (nSPS) is 14.0. The molecule has 2 rings (SSSR count). The quantitative estimate of drug-likeness (QED) is 0.740. The maximum atomic E-state index is 6.19. The molecule has 0 bridgehead atoms. The minimum Gasteiger partial charge on any atom is -0.302 e. The molecule has 1 unspecified atom stereocenters. The fourth-order valence-corrected chi connectivity index (χ4v) is 2.71. The molecule has 0 saturated carbocycles. The summed E-state index contributed by atoms with van der Waals surface area (Å²) in [5, 5.41) is 4.78. The van der Waals surface area contributed by atoms with Crippen LogP contribution >= 0.6 is 34.8 Å². The molecule has 106 valence electrons. The highest BCUT2D eigenvalue weighted by atomic mass is 35.5. The average molecular weight is 329 g/mol. The van der Waals surface area contributed by atoms with Gasteiger partial charge in [0.2, 0.25) is 0 Å². The van der Waals surface area contributed by atoms with Crippen molar-refractivity contribution >= 4 is 34.8 Å². The maximum Gasteiger partial charge on any atom is 0.0545 e. The van der Waals surface area contributed by atoms with Crippen LogP contribution in [0.5, 0.6) is 0 Å². The second kappa shape index (κ2) is 6.82. The van der Waals surface area contributed by atoms with Crippen LogP contribution in [0.4, 0.5) is 0 Å². The minimum absolute atomic E-state index is 0.300. The molecule has 0 aromatic heterocycles. The Morgan fingerprint density at radius 1 is 1.05 bits per heavy atom. The van der Waals surface area contributed by atoms with Crippen molar-refractivity contribution in [2.24, 2.45) is 0 Å². The molecule has 0 aliphatic heterocycles. The van der Waals surface area contributed by atoms with Crippen molar-refractivity contribution in [3.63, 3.8) is 0 Å². The van der Waals surface area contributed by atoms with E-state index in [9.17, 15) is 0 Å². The first-order valence-corrected chi connectivity index (χ1v) is 7.65. The summed E-state index contributed by atoms with van der Waals surface area (Å²) in [4.78, 5) is 0. The second-order valence-electron chi connectivity index (χ2n) is 4.92. The summed E-state index contributed by atoms with van der Waals surface area (Å²) in [5.41, 5.74) is 1.86. The predicted molar refractivity (Wildman–Crippen MR) is 87.8 cm³/mol. The van der Waals surface area contributed by atoms with Crippen molar-refractivity contribution in [1.29, 1.82) is 0 Å². The van der Waals surface area contributed by atoms with E-state index in [1.807, 2.05) is 30.3 Å². The van der Waals surface area contributed by atoms with Crippen molar-refractivity contribution in [2.75, 3.05) is 5.88 Å². The summed E-state index contributed by atoms with van der Waals surface area (Å²) in [6, 6.07) is 15.7. The highest BCUT2D eigenvalue weighted by Gasteiger charge is 2.24. The number of rotatable bonds is 5. The van der Waals surface area contributed by atoms with E-state index in [4.69, 9.17) is 34.8 Å². The Balaban J connectivity index is 2.15. The molecule has 0 aliphatic carbocycles. The summed E-state index contributed by atoms with van der Waals surface area (Å²) >= 11 is 18.3. The number of hydrogen-bond acceptors (Lipinski definition) is 1. The number of benzene rings is 2. The monoisotopic (exact) mass is 327 g/mol. The predicted octanol–water partition coefficient (Wildman–Crippen LogP) is 5.24. The Kier molecular flexibility index (Phi) is 5.34. The highest BCUT2D eigenvalue weighted by Crippen LogP contribution is 2.25. The maximum absolute atomic E-state index is 6.19. The van der Waals surface area contributed by atoms with Gasteiger partial charge in [0.05, 0.1) is 5.54 Å². The van der Waals surface area contributed by atoms with Gasteiger partial charge in [-0.05, 0) is 30.2 Å². The smallest absolute Gasteiger partial charge is 0.0545 e. The zero-order valence-corrected chi connectivity index (χ0v) is 13.4. The van der Waals surface area contributed by atoms with E-state index < -0.39 is 0 Å². The molecule has 0 heterocycles. The van der Waals surface area contributed by atoms with Crippen LogP contribution in [-0.4, -0.2) is 5.88 Å². The lowest BCUT2D eigenvalue weighted by atomic mass is 9.94. The Labute approximate surface area is 134 Å². The van der Waals surface area contributed by atoms with Crippen molar-refractivity contribution in [1.82, 2.24) is 5.32 Å². The number of halogens is 3. The fourth-order valence-electron chi connectivity index (χ4n) is 1.99. The zero-order chi connectivity index (χ0) is 14.6. The molecule has 0 fully saturated rings. The molecule has 20 heavy (non-hydrogen) atoms. The van der Waals surface area contributed by atoms with E-state index in [1.54, 1.807) is 6.07 Å². The molecule has 2 aromatic carbocycles. The Bertz CT molecular complexity index is 571. The van der Waals surface area contributed by atoms with Crippen molar-refractivity contribution < 1.29 is 0 Å². The van der Waals surface area contributed by atoms with Gasteiger partial charge in [0.1, 0.15) is 0 Å². The topological polar surface area (TPSA) is 12.0 Å². The lowest BCUT2D eigenvalue weighted by molar-refractivity contribution is 0.407. The summed E-state index contributed by atoms with van der Waals surface area (Å²) in [6.45, 7) is 2.72. The van der Waals surface area contributed by atoms with Crippen molar-refractivity contribution in [2.45, 2.75) is 19.0 Å². The molecule has 1 nitrogen and oxygen atoms in total. The lowest BCUT2D eigenvalue weighted by Crippen LogP contribution is -2.40. The van der Waals surface area contributed by atoms with Gasteiger partial charge >= 0.3 is 0 Å². The van der Waals surface area contributed by atoms with Gasteiger partial charge < -0.3 is 5.32 Å². The third-order valence-corrected chi connectivity index (χ3v) is 4.48. The molecule has 1 N–H and O–H groups in total. The zero-order valence-electron chi connectivity index (χ0n) is 11.2. The van der Waals surface area contributed by atoms with Gasteiger partial charge in [0.15, 0.2) is 0 Å². The van der Waals surface area contributed by atoms with Gasteiger partial charge in [-0.25, -0.2) is 0 Å². The second-order valence-corrected chi connectivity index (χ2v) is 6.03. The first-order chi connectivity index (χ1) is 9.55. The van der Waals surface area contributed by atoms with Crippen LogP contribution in [0.3, 0.4) is 0 Å². The van der Waals surface area contributed by atoms with E-state index >= 15 is 0 Å². The van der Waals surface area contributed by atoms with E-state index in [2.05, 4.69) is 24.4 Å². The molecule has 2 aromatic rings. The van der Waals surface area contributed by atoms with Crippen LogP contribution in [0, 0.1) is 0 Å². The molecule has 4 heteroatoms. The fraction of sp³-hybridized carbons (Fsp3) is 0.250. The number of alkyl halides is 1. The number of hydrogen-bond donors (Lipinski definition) is 1. The molecule has 1 atom stereocenters. The highest BCUT2D eigenvalue weighted by molar-refractivity contribution is 6.35. The lowest BCUT2D eigenvalue weighted by Gasteiger charge is -2.29. The van der Waals surface area contributed by atoms with Crippen molar-refractivity contribution in [3.8, 4) is 0 Å². The first-order valence-electron chi connectivity index (χ1n) is 6.35. The summed E-state index contributed by atoms with van der Waals surface area (Å²) in [7, 11) is 0. The average Bonchev–Trinajstić information content (AvgIpc) is 2.47. The molecule has 0 aliphatic rings. The van der Waals surface area contributed by atoms with Crippen LogP contribution < -0.4 is 5.32 Å². The molecule has 0 spiro atoms. The van der Waals surface area contributed by atoms with Crippen LogP contribution in [0.15, 0.2) is 48.5 Å². The molecular weight excluding hydrogens is 313 g/mol. The standard InChI is InChI=1S/C16H16Cl3N/c1-16(11-17,13-5-3-2-4-6-13)20-10-12-7-8-14(18)9-15(12)19/h2-9,20H,10-11H2,1H3. The third kappa shape index (κ3) is 3.67. The largest absolute Gasteiger partial charge is 0.302 e.